The minimum absolute atomic E-state index is 0.0105. The van der Waals surface area contributed by atoms with Gasteiger partial charge in [0.2, 0.25) is 0 Å². The van der Waals surface area contributed by atoms with Crippen molar-refractivity contribution in [1.29, 1.82) is 0 Å². The van der Waals surface area contributed by atoms with Crippen molar-refractivity contribution in [3.05, 3.63) is 23.8 Å². The molecule has 3 fully saturated rings. The summed E-state index contributed by atoms with van der Waals surface area (Å²) < 4.78 is 4.92. The lowest BCUT2D eigenvalue weighted by Gasteiger charge is -2.62. The van der Waals surface area contributed by atoms with Crippen LogP contribution in [0.15, 0.2) is 23.8 Å². The fourth-order valence-corrected chi connectivity index (χ4v) is 8.10. The molecular formula is C26H31NO8. The number of fused-ring (bicyclic) bond motifs is 5. The summed E-state index contributed by atoms with van der Waals surface area (Å²) in [6.45, 7) is 3.92. The van der Waals surface area contributed by atoms with Gasteiger partial charge in [-0.2, -0.15) is 0 Å². The Hall–Kier alpha value is -2.81. The summed E-state index contributed by atoms with van der Waals surface area (Å²) in [5.41, 5.74) is 0.809. The van der Waals surface area contributed by atoms with Gasteiger partial charge in [-0.25, -0.2) is 4.79 Å². The number of aliphatic hydroxyl groups excluding tert-OH is 1. The molecule has 188 valence electrons. The number of amides is 2. The second kappa shape index (κ2) is 8.40. The van der Waals surface area contributed by atoms with Crippen LogP contribution in [0.4, 0.5) is 4.79 Å². The number of allylic oxidation sites excluding steroid dienone is 1. The maximum Gasteiger partial charge on any atom is 0.534 e. The van der Waals surface area contributed by atoms with Crippen molar-refractivity contribution in [3.63, 3.8) is 0 Å². The highest BCUT2D eigenvalue weighted by Crippen LogP contribution is 2.68. The Morgan fingerprint density at radius 2 is 1.80 bits per heavy atom. The first-order valence-electron chi connectivity index (χ1n) is 12.4. The lowest BCUT2D eigenvalue weighted by Crippen LogP contribution is -2.59. The van der Waals surface area contributed by atoms with Gasteiger partial charge in [0, 0.05) is 24.5 Å². The second-order valence-corrected chi connectivity index (χ2v) is 11.2. The molecule has 0 saturated heterocycles. The Morgan fingerprint density at radius 3 is 2.51 bits per heavy atom. The number of Topliss-reactive ketones (excluding diaryl/α,β-unsaturated/α-hetero) is 1. The number of aliphatic hydroxyl groups is 1. The third-order valence-electron chi connectivity index (χ3n) is 9.54. The van der Waals surface area contributed by atoms with Crippen LogP contribution in [0.1, 0.15) is 58.8 Å². The van der Waals surface area contributed by atoms with E-state index in [0.29, 0.717) is 19.3 Å². The number of ether oxygens (including phenoxy) is 1. The van der Waals surface area contributed by atoms with E-state index in [4.69, 9.17) is 4.74 Å². The zero-order valence-corrected chi connectivity index (χ0v) is 20.0. The first-order valence-corrected chi connectivity index (χ1v) is 12.4. The van der Waals surface area contributed by atoms with E-state index >= 15 is 0 Å². The number of carbonyl (C=O) groups excluding carboxylic acids is 5. The third-order valence-corrected chi connectivity index (χ3v) is 9.54. The monoisotopic (exact) mass is 485 g/mol. The lowest BCUT2D eigenvalue weighted by molar-refractivity contribution is -0.175. The average Bonchev–Trinajstić information content (AvgIpc) is 3.37. The van der Waals surface area contributed by atoms with E-state index in [0.717, 1.165) is 43.4 Å². The maximum atomic E-state index is 13.0. The molecule has 1 aliphatic heterocycles. The summed E-state index contributed by atoms with van der Waals surface area (Å²) in [4.78, 5) is 64.7. The number of rotatable bonds is 4. The zero-order chi connectivity index (χ0) is 25.1. The summed E-state index contributed by atoms with van der Waals surface area (Å²) in [5.74, 6) is -1.71. The SMILES string of the molecule is C[C@@]12CCC3=CC(=O)CC[C@]3(C)[C@H]1[C@@H](O)CC1[C@@H](C(=O)COC(=O)ON3C(=O)C=CC3=O)CC[C@H]12. The topological polar surface area (TPSA) is 127 Å². The average molecular weight is 486 g/mol. The first-order chi connectivity index (χ1) is 16.5. The summed E-state index contributed by atoms with van der Waals surface area (Å²) in [7, 11) is 0. The van der Waals surface area contributed by atoms with Crippen molar-refractivity contribution in [2.75, 3.05) is 6.61 Å². The van der Waals surface area contributed by atoms with Crippen molar-refractivity contribution < 1.29 is 38.7 Å². The molecule has 0 spiro atoms. The van der Waals surface area contributed by atoms with Crippen LogP contribution in [0.5, 0.6) is 0 Å². The van der Waals surface area contributed by atoms with E-state index in [9.17, 15) is 29.1 Å². The van der Waals surface area contributed by atoms with Crippen molar-refractivity contribution >= 4 is 29.5 Å². The molecule has 7 atom stereocenters. The van der Waals surface area contributed by atoms with Crippen LogP contribution in [0.25, 0.3) is 0 Å². The van der Waals surface area contributed by atoms with E-state index in [-0.39, 0.29) is 51.1 Å². The number of carbonyl (C=O) groups is 5. The standard InChI is InChI=1S/C26H31NO8/c1-25-10-8-15(28)11-14(25)7-9-26(2)18-4-3-16(17(18)12-19(29)23(25)26)20(30)13-34-24(33)35-27-21(31)5-6-22(27)32/h5-6,11,16-19,23,29H,3-4,7-10,12-13H2,1-2H3/t16-,17?,18+,19-,23+,25-,26-/m0/s1. The van der Waals surface area contributed by atoms with E-state index in [1.807, 2.05) is 0 Å². The molecule has 0 aromatic carbocycles. The van der Waals surface area contributed by atoms with Gasteiger partial charge in [-0.3, -0.25) is 24.0 Å². The number of hydrogen-bond acceptors (Lipinski definition) is 8. The number of hydrogen-bond donors (Lipinski definition) is 1. The minimum atomic E-state index is -1.29. The van der Waals surface area contributed by atoms with Crippen molar-refractivity contribution in [2.24, 2.45) is 34.5 Å². The zero-order valence-electron chi connectivity index (χ0n) is 20.0. The highest BCUT2D eigenvalue weighted by molar-refractivity contribution is 6.12. The molecule has 0 radical (unpaired) electrons. The Morgan fingerprint density at radius 1 is 1.09 bits per heavy atom. The van der Waals surface area contributed by atoms with Crippen LogP contribution in [0, 0.1) is 34.5 Å². The number of hydroxylamine groups is 2. The van der Waals surface area contributed by atoms with Crippen molar-refractivity contribution in [1.82, 2.24) is 5.06 Å². The van der Waals surface area contributed by atoms with E-state index < -0.39 is 30.7 Å². The van der Waals surface area contributed by atoms with Crippen LogP contribution < -0.4 is 0 Å². The van der Waals surface area contributed by atoms with Crippen molar-refractivity contribution in [2.45, 2.75) is 64.9 Å². The Bertz CT molecular complexity index is 1040. The molecule has 9 nitrogen and oxygen atoms in total. The van der Waals surface area contributed by atoms with Gasteiger partial charge in [0.25, 0.3) is 11.8 Å². The molecule has 3 saturated carbocycles. The highest BCUT2D eigenvalue weighted by atomic mass is 16.8. The van der Waals surface area contributed by atoms with Crippen molar-refractivity contribution in [3.8, 4) is 0 Å². The first kappa shape index (κ1) is 23.9. The largest absolute Gasteiger partial charge is 0.534 e. The van der Waals surface area contributed by atoms with Crippen LogP contribution in [-0.2, 0) is 28.8 Å². The van der Waals surface area contributed by atoms with Gasteiger partial charge in [-0.05, 0) is 73.2 Å². The Kier molecular flexibility index (Phi) is 5.74. The highest BCUT2D eigenvalue weighted by Gasteiger charge is 2.63. The molecule has 9 heteroatoms. The van der Waals surface area contributed by atoms with Gasteiger partial charge >= 0.3 is 6.16 Å². The minimum Gasteiger partial charge on any atom is -0.425 e. The molecule has 0 aromatic heterocycles. The van der Waals surface area contributed by atoms with Gasteiger partial charge in [-0.15, -0.1) is 0 Å². The predicted molar refractivity (Wildman–Crippen MR) is 120 cm³/mol. The van der Waals surface area contributed by atoms with Crippen LogP contribution in [0.2, 0.25) is 0 Å². The van der Waals surface area contributed by atoms with Gasteiger partial charge in [0.15, 0.2) is 18.2 Å². The number of nitrogens with zero attached hydrogens (tertiary/aromatic N) is 1. The third kappa shape index (κ3) is 3.75. The van der Waals surface area contributed by atoms with Gasteiger partial charge in [0.1, 0.15) is 0 Å². The molecule has 0 aromatic rings. The smallest absolute Gasteiger partial charge is 0.425 e. The van der Waals surface area contributed by atoms with Gasteiger partial charge in [-0.1, -0.05) is 24.5 Å². The van der Waals surface area contributed by atoms with E-state index in [1.165, 1.54) is 0 Å². The summed E-state index contributed by atoms with van der Waals surface area (Å²) in [6.07, 6.45) is 6.87. The maximum absolute atomic E-state index is 13.0. The summed E-state index contributed by atoms with van der Waals surface area (Å²) in [5, 5.41) is 11.7. The fraction of sp³-hybridized carbons (Fsp3) is 0.654. The van der Waals surface area contributed by atoms with Crippen LogP contribution in [0.3, 0.4) is 0 Å². The van der Waals surface area contributed by atoms with Gasteiger partial charge < -0.3 is 9.84 Å². The van der Waals surface area contributed by atoms with E-state index in [1.54, 1.807) is 6.08 Å². The van der Waals surface area contributed by atoms with Crippen LogP contribution in [-0.4, -0.2) is 52.4 Å². The molecule has 1 N–H and O–H groups in total. The van der Waals surface area contributed by atoms with Crippen LogP contribution >= 0.6 is 0 Å². The second-order valence-electron chi connectivity index (χ2n) is 11.2. The molecule has 5 rings (SSSR count). The lowest BCUT2D eigenvalue weighted by atomic mass is 9.43. The summed E-state index contributed by atoms with van der Waals surface area (Å²) >= 11 is 0. The number of imide groups is 1. The molecule has 0 bridgehead atoms. The molecule has 4 aliphatic carbocycles. The Balaban J connectivity index is 1.26. The molecule has 35 heavy (non-hydrogen) atoms. The molecule has 1 unspecified atom stereocenters. The molecular weight excluding hydrogens is 454 g/mol. The molecule has 2 amide bonds. The molecule has 5 aliphatic rings. The van der Waals surface area contributed by atoms with E-state index in [2.05, 4.69) is 18.7 Å². The normalized spacial score (nSPS) is 40.1. The fourth-order valence-electron chi connectivity index (χ4n) is 8.10. The molecule has 1 heterocycles. The number of ketones is 2. The quantitative estimate of drug-likeness (QED) is 0.476. The van der Waals surface area contributed by atoms with Gasteiger partial charge in [0.05, 0.1) is 6.10 Å². The Labute approximate surface area is 203 Å². The summed E-state index contributed by atoms with van der Waals surface area (Å²) in [6, 6.07) is 0. The predicted octanol–water partition coefficient (Wildman–Crippen LogP) is 2.67.